The van der Waals surface area contributed by atoms with Crippen LogP contribution >= 0.6 is 0 Å². The monoisotopic (exact) mass is 322 g/mol. The number of nitrogens with one attached hydrogen (secondary N) is 1. The van der Waals surface area contributed by atoms with E-state index in [1.54, 1.807) is 4.90 Å². The van der Waals surface area contributed by atoms with Crippen molar-refractivity contribution in [1.29, 1.82) is 0 Å². The number of aryl methyl sites for hydroxylation is 1. The molecular weight excluding hydrogens is 300 g/mol. The summed E-state index contributed by atoms with van der Waals surface area (Å²) in [4.78, 5) is 25.7. The quantitative estimate of drug-likeness (QED) is 0.915. The van der Waals surface area contributed by atoms with Gasteiger partial charge in [-0.1, -0.05) is 31.2 Å². The van der Waals surface area contributed by atoms with Gasteiger partial charge < -0.3 is 10.2 Å². The van der Waals surface area contributed by atoms with Crippen LogP contribution in [-0.2, 0) is 22.4 Å². The standard InChI is InChI=1S/C20H22N2O2/c1-2-15-5-9-17(10-6-15)21-19(23)14-16-7-11-18(12-8-16)22-13-3-4-20(22)24/h5-12H,2-4,13-14H2,1H3,(H,21,23). The minimum atomic E-state index is -0.0377. The van der Waals surface area contributed by atoms with Crippen LogP contribution in [0.15, 0.2) is 48.5 Å². The highest BCUT2D eigenvalue weighted by Gasteiger charge is 2.21. The smallest absolute Gasteiger partial charge is 0.228 e. The predicted molar refractivity (Wildman–Crippen MR) is 96.2 cm³/mol. The Morgan fingerprint density at radius 1 is 1.04 bits per heavy atom. The second-order valence-corrected chi connectivity index (χ2v) is 6.09. The number of benzene rings is 2. The van der Waals surface area contributed by atoms with Crippen molar-refractivity contribution < 1.29 is 9.59 Å². The number of hydrogen-bond acceptors (Lipinski definition) is 2. The summed E-state index contributed by atoms with van der Waals surface area (Å²) in [5.41, 5.74) is 3.92. The number of anilines is 2. The van der Waals surface area contributed by atoms with E-state index in [9.17, 15) is 9.59 Å². The molecule has 2 aromatic rings. The first-order valence-corrected chi connectivity index (χ1v) is 8.44. The van der Waals surface area contributed by atoms with Crippen LogP contribution in [0, 0.1) is 0 Å². The van der Waals surface area contributed by atoms with Gasteiger partial charge in [-0.25, -0.2) is 0 Å². The molecule has 1 saturated heterocycles. The predicted octanol–water partition coefficient (Wildman–Crippen LogP) is 3.56. The molecule has 0 spiro atoms. The summed E-state index contributed by atoms with van der Waals surface area (Å²) in [6, 6.07) is 15.6. The van der Waals surface area contributed by atoms with E-state index in [-0.39, 0.29) is 11.8 Å². The van der Waals surface area contributed by atoms with Gasteiger partial charge in [0.15, 0.2) is 0 Å². The van der Waals surface area contributed by atoms with Crippen LogP contribution in [0.1, 0.15) is 30.9 Å². The first-order valence-electron chi connectivity index (χ1n) is 8.44. The minimum Gasteiger partial charge on any atom is -0.326 e. The van der Waals surface area contributed by atoms with Crippen LogP contribution in [0.5, 0.6) is 0 Å². The van der Waals surface area contributed by atoms with Crippen LogP contribution in [-0.4, -0.2) is 18.4 Å². The molecule has 4 nitrogen and oxygen atoms in total. The normalized spacial score (nSPS) is 14.0. The molecule has 124 valence electrons. The third kappa shape index (κ3) is 3.82. The van der Waals surface area contributed by atoms with E-state index < -0.39 is 0 Å². The highest BCUT2D eigenvalue weighted by molar-refractivity contribution is 5.95. The Hall–Kier alpha value is -2.62. The Balaban J connectivity index is 1.58. The molecule has 1 fully saturated rings. The number of nitrogens with zero attached hydrogens (tertiary/aromatic N) is 1. The van der Waals surface area contributed by atoms with Crippen LogP contribution < -0.4 is 10.2 Å². The maximum absolute atomic E-state index is 12.2. The largest absolute Gasteiger partial charge is 0.326 e. The van der Waals surface area contributed by atoms with E-state index >= 15 is 0 Å². The van der Waals surface area contributed by atoms with E-state index in [1.165, 1.54) is 5.56 Å². The van der Waals surface area contributed by atoms with Gasteiger partial charge in [-0.15, -0.1) is 0 Å². The Morgan fingerprint density at radius 3 is 2.29 bits per heavy atom. The van der Waals surface area contributed by atoms with Gasteiger partial charge in [-0.2, -0.15) is 0 Å². The second kappa shape index (κ2) is 7.30. The fourth-order valence-electron chi connectivity index (χ4n) is 2.93. The van der Waals surface area contributed by atoms with Gasteiger partial charge in [0.2, 0.25) is 11.8 Å². The van der Waals surface area contributed by atoms with Gasteiger partial charge in [0, 0.05) is 24.3 Å². The molecule has 2 amide bonds. The van der Waals surface area contributed by atoms with Crippen molar-refractivity contribution in [2.24, 2.45) is 0 Å². The highest BCUT2D eigenvalue weighted by atomic mass is 16.2. The molecule has 3 rings (SSSR count). The molecular formula is C20H22N2O2. The van der Waals surface area contributed by atoms with Crippen molar-refractivity contribution in [1.82, 2.24) is 0 Å². The maximum atomic E-state index is 12.2. The van der Waals surface area contributed by atoms with Crippen LogP contribution in [0.2, 0.25) is 0 Å². The average Bonchev–Trinajstić information content (AvgIpc) is 3.02. The van der Waals surface area contributed by atoms with Crippen LogP contribution in [0.4, 0.5) is 11.4 Å². The molecule has 0 aliphatic carbocycles. The molecule has 0 aromatic heterocycles. The number of rotatable bonds is 5. The van der Waals surface area contributed by atoms with E-state index in [0.29, 0.717) is 12.8 Å². The van der Waals surface area contributed by atoms with Crippen molar-refractivity contribution in [2.45, 2.75) is 32.6 Å². The van der Waals surface area contributed by atoms with Crippen molar-refractivity contribution in [3.8, 4) is 0 Å². The van der Waals surface area contributed by atoms with Crippen molar-refractivity contribution >= 4 is 23.2 Å². The number of carbonyl (C=O) groups is 2. The van der Waals surface area contributed by atoms with Crippen LogP contribution in [0.25, 0.3) is 0 Å². The SMILES string of the molecule is CCc1ccc(NC(=O)Cc2ccc(N3CCCC3=O)cc2)cc1. The Morgan fingerprint density at radius 2 is 1.71 bits per heavy atom. The molecule has 4 heteroatoms. The zero-order valence-corrected chi connectivity index (χ0v) is 13.9. The molecule has 0 saturated carbocycles. The fraction of sp³-hybridized carbons (Fsp3) is 0.300. The molecule has 1 aliphatic rings. The average molecular weight is 322 g/mol. The zero-order valence-electron chi connectivity index (χ0n) is 13.9. The van der Waals surface area contributed by atoms with Gasteiger partial charge in [0.25, 0.3) is 0 Å². The highest BCUT2D eigenvalue weighted by Crippen LogP contribution is 2.21. The first kappa shape index (κ1) is 16.2. The Labute approximate surface area is 142 Å². The van der Waals surface area contributed by atoms with E-state index in [1.807, 2.05) is 48.5 Å². The lowest BCUT2D eigenvalue weighted by molar-refractivity contribution is -0.117. The minimum absolute atomic E-state index is 0.0377. The number of hydrogen-bond donors (Lipinski definition) is 1. The maximum Gasteiger partial charge on any atom is 0.228 e. The summed E-state index contributed by atoms with van der Waals surface area (Å²) in [5.74, 6) is 0.139. The third-order valence-electron chi connectivity index (χ3n) is 4.33. The van der Waals surface area contributed by atoms with Gasteiger partial charge >= 0.3 is 0 Å². The lowest BCUT2D eigenvalue weighted by atomic mass is 10.1. The second-order valence-electron chi connectivity index (χ2n) is 6.09. The topological polar surface area (TPSA) is 49.4 Å². The molecule has 1 N–H and O–H groups in total. The lowest BCUT2D eigenvalue weighted by Gasteiger charge is -2.15. The van der Waals surface area contributed by atoms with Gasteiger partial charge in [-0.3, -0.25) is 9.59 Å². The molecule has 1 aliphatic heterocycles. The van der Waals surface area contributed by atoms with Crippen molar-refractivity contribution in [3.63, 3.8) is 0 Å². The summed E-state index contributed by atoms with van der Waals surface area (Å²) in [5, 5.41) is 2.92. The first-order chi connectivity index (χ1) is 11.7. The molecule has 0 unspecified atom stereocenters. The van der Waals surface area contributed by atoms with E-state index in [0.717, 1.165) is 36.3 Å². The summed E-state index contributed by atoms with van der Waals surface area (Å²) >= 11 is 0. The van der Waals surface area contributed by atoms with Gasteiger partial charge in [0.1, 0.15) is 0 Å². The lowest BCUT2D eigenvalue weighted by Crippen LogP contribution is -2.23. The molecule has 0 bridgehead atoms. The number of amides is 2. The molecule has 24 heavy (non-hydrogen) atoms. The van der Waals surface area contributed by atoms with Crippen molar-refractivity contribution in [2.75, 3.05) is 16.8 Å². The van der Waals surface area contributed by atoms with Crippen LogP contribution in [0.3, 0.4) is 0 Å². The summed E-state index contributed by atoms with van der Waals surface area (Å²) < 4.78 is 0. The molecule has 0 radical (unpaired) electrons. The summed E-state index contributed by atoms with van der Waals surface area (Å²) in [6.45, 7) is 2.89. The molecule has 1 heterocycles. The fourth-order valence-corrected chi connectivity index (χ4v) is 2.93. The van der Waals surface area contributed by atoms with E-state index in [2.05, 4.69) is 12.2 Å². The zero-order chi connectivity index (χ0) is 16.9. The van der Waals surface area contributed by atoms with E-state index in [4.69, 9.17) is 0 Å². The summed E-state index contributed by atoms with van der Waals surface area (Å²) in [7, 11) is 0. The van der Waals surface area contributed by atoms with Crippen molar-refractivity contribution in [3.05, 3.63) is 59.7 Å². The molecule has 0 atom stereocenters. The van der Waals surface area contributed by atoms with Gasteiger partial charge in [0.05, 0.1) is 6.42 Å². The number of carbonyl (C=O) groups excluding carboxylic acids is 2. The third-order valence-corrected chi connectivity index (χ3v) is 4.33. The Bertz CT molecular complexity index is 720. The Kier molecular flexibility index (Phi) is 4.94. The van der Waals surface area contributed by atoms with Gasteiger partial charge in [-0.05, 0) is 48.2 Å². The summed E-state index contributed by atoms with van der Waals surface area (Å²) in [6.07, 6.45) is 2.85. The molecule has 2 aromatic carbocycles.